The number of hydrogen-bond donors (Lipinski definition) is 2. The molecule has 0 spiro atoms. The Bertz CT molecular complexity index is 386. The zero-order chi connectivity index (χ0) is 12.8. The molecule has 0 saturated heterocycles. The zero-order valence-electron chi connectivity index (χ0n) is 11.1. The molecule has 1 aromatic heterocycles. The van der Waals surface area contributed by atoms with E-state index in [1.807, 2.05) is 0 Å². The number of carbonyl (C=O) groups excluding carboxylic acids is 1. The highest BCUT2D eigenvalue weighted by Gasteiger charge is 2.15. The van der Waals surface area contributed by atoms with Gasteiger partial charge in [-0.05, 0) is 25.0 Å². The summed E-state index contributed by atoms with van der Waals surface area (Å²) in [4.78, 5) is 16.1. The number of anilines is 1. The van der Waals surface area contributed by atoms with Crippen LogP contribution in [-0.2, 0) is 0 Å². The van der Waals surface area contributed by atoms with E-state index in [2.05, 4.69) is 10.3 Å². The Labute approximate surface area is 120 Å². The molecule has 2 rings (SSSR count). The maximum Gasteiger partial charge on any atom is 0.270 e. The number of aromatic nitrogens is 1. The summed E-state index contributed by atoms with van der Waals surface area (Å²) in [6.45, 7) is 0. The number of nitrogens with zero attached hydrogens (tertiary/aromatic N) is 1. The van der Waals surface area contributed by atoms with E-state index in [-0.39, 0.29) is 18.3 Å². The molecule has 106 valence electrons. The lowest BCUT2D eigenvalue weighted by atomic mass is 9.96. The standard InChI is InChI=1S/C14H21N3O.ClH/c15-11-8-9-13(16-10-11)14(18)17-12-6-4-2-1-3-5-7-12;/h8-10,12H,1-7,15H2,(H,17,18);1H. The molecule has 1 aliphatic carbocycles. The van der Waals surface area contributed by atoms with Crippen LogP contribution in [0.5, 0.6) is 0 Å². The van der Waals surface area contributed by atoms with Gasteiger partial charge in [-0.2, -0.15) is 0 Å². The van der Waals surface area contributed by atoms with Gasteiger partial charge in [0.25, 0.3) is 5.91 Å². The minimum absolute atomic E-state index is 0. The summed E-state index contributed by atoms with van der Waals surface area (Å²) in [6.07, 6.45) is 10.0. The smallest absolute Gasteiger partial charge is 0.270 e. The van der Waals surface area contributed by atoms with Crippen LogP contribution < -0.4 is 11.1 Å². The lowest BCUT2D eigenvalue weighted by Crippen LogP contribution is -2.35. The van der Waals surface area contributed by atoms with Crippen molar-refractivity contribution in [3.05, 3.63) is 24.0 Å². The molecular weight excluding hydrogens is 262 g/mol. The predicted octanol–water partition coefficient (Wildman–Crippen LogP) is 2.93. The first-order valence-electron chi connectivity index (χ1n) is 6.78. The molecule has 0 aliphatic heterocycles. The van der Waals surface area contributed by atoms with Gasteiger partial charge in [-0.3, -0.25) is 4.79 Å². The predicted molar refractivity (Wildman–Crippen MR) is 79.5 cm³/mol. The first-order chi connectivity index (χ1) is 8.75. The third-order valence-electron chi connectivity index (χ3n) is 3.46. The molecule has 0 atom stereocenters. The van der Waals surface area contributed by atoms with Crippen LogP contribution in [0.25, 0.3) is 0 Å². The second-order valence-electron chi connectivity index (χ2n) is 4.99. The molecule has 3 N–H and O–H groups in total. The lowest BCUT2D eigenvalue weighted by molar-refractivity contribution is 0.0925. The molecule has 4 nitrogen and oxygen atoms in total. The summed E-state index contributed by atoms with van der Waals surface area (Å²) in [6, 6.07) is 3.69. The molecule has 1 heterocycles. The van der Waals surface area contributed by atoms with E-state index in [1.54, 1.807) is 12.1 Å². The second kappa shape index (κ2) is 8.00. The fourth-order valence-corrected chi connectivity index (χ4v) is 2.40. The molecule has 1 amide bonds. The number of pyridine rings is 1. The van der Waals surface area contributed by atoms with Gasteiger partial charge in [-0.1, -0.05) is 32.1 Å². The molecule has 5 heteroatoms. The van der Waals surface area contributed by atoms with Gasteiger partial charge in [0, 0.05) is 6.04 Å². The van der Waals surface area contributed by atoms with Gasteiger partial charge in [-0.15, -0.1) is 12.4 Å². The molecule has 0 radical (unpaired) electrons. The molecule has 0 aromatic carbocycles. The number of nitrogen functional groups attached to an aromatic ring is 1. The third-order valence-corrected chi connectivity index (χ3v) is 3.46. The van der Waals surface area contributed by atoms with Crippen molar-refractivity contribution in [2.24, 2.45) is 0 Å². The van der Waals surface area contributed by atoms with E-state index in [4.69, 9.17) is 5.73 Å². The first-order valence-corrected chi connectivity index (χ1v) is 6.78. The van der Waals surface area contributed by atoms with Gasteiger partial charge in [0.05, 0.1) is 11.9 Å². The highest BCUT2D eigenvalue weighted by Crippen LogP contribution is 2.17. The number of halogens is 1. The zero-order valence-corrected chi connectivity index (χ0v) is 11.9. The number of nitrogens with two attached hydrogens (primary N) is 1. The van der Waals surface area contributed by atoms with E-state index in [9.17, 15) is 4.79 Å². The Hall–Kier alpha value is -1.29. The first kappa shape index (κ1) is 15.8. The van der Waals surface area contributed by atoms with Crippen LogP contribution in [0, 0.1) is 0 Å². The van der Waals surface area contributed by atoms with Crippen LogP contribution in [-0.4, -0.2) is 16.9 Å². The van der Waals surface area contributed by atoms with E-state index < -0.39 is 0 Å². The summed E-state index contributed by atoms with van der Waals surface area (Å²) >= 11 is 0. The molecular formula is C14H22ClN3O. The quantitative estimate of drug-likeness (QED) is 0.877. The monoisotopic (exact) mass is 283 g/mol. The average Bonchev–Trinajstić information content (AvgIpc) is 2.33. The molecule has 1 fully saturated rings. The minimum Gasteiger partial charge on any atom is -0.397 e. The summed E-state index contributed by atoms with van der Waals surface area (Å²) in [5.41, 5.74) is 6.59. The van der Waals surface area contributed by atoms with E-state index in [0.29, 0.717) is 17.4 Å². The SMILES string of the molecule is Cl.Nc1ccc(C(=O)NC2CCCCCCC2)nc1. The van der Waals surface area contributed by atoms with Gasteiger partial charge in [0.15, 0.2) is 0 Å². The van der Waals surface area contributed by atoms with Gasteiger partial charge in [0.2, 0.25) is 0 Å². The van der Waals surface area contributed by atoms with E-state index >= 15 is 0 Å². The maximum atomic E-state index is 12.0. The molecule has 1 saturated carbocycles. The van der Waals surface area contributed by atoms with Crippen LogP contribution >= 0.6 is 12.4 Å². The van der Waals surface area contributed by atoms with Crippen LogP contribution in [0.1, 0.15) is 55.4 Å². The van der Waals surface area contributed by atoms with Crippen LogP contribution in [0.3, 0.4) is 0 Å². The van der Waals surface area contributed by atoms with Gasteiger partial charge in [-0.25, -0.2) is 4.98 Å². The third kappa shape index (κ3) is 5.07. The molecule has 1 aromatic rings. The second-order valence-corrected chi connectivity index (χ2v) is 4.99. The van der Waals surface area contributed by atoms with Crippen molar-refractivity contribution < 1.29 is 4.79 Å². The largest absolute Gasteiger partial charge is 0.397 e. The van der Waals surface area contributed by atoms with E-state index in [1.165, 1.54) is 38.3 Å². The summed E-state index contributed by atoms with van der Waals surface area (Å²) in [7, 11) is 0. The normalized spacial score (nSPS) is 16.8. The van der Waals surface area contributed by atoms with Crippen LogP contribution in [0.4, 0.5) is 5.69 Å². The van der Waals surface area contributed by atoms with Crippen LogP contribution in [0.2, 0.25) is 0 Å². The molecule has 1 aliphatic rings. The fraction of sp³-hybridized carbons (Fsp3) is 0.571. The number of amides is 1. The average molecular weight is 284 g/mol. The van der Waals surface area contributed by atoms with Crippen molar-refractivity contribution in [1.82, 2.24) is 10.3 Å². The van der Waals surface area contributed by atoms with Gasteiger partial charge < -0.3 is 11.1 Å². The van der Waals surface area contributed by atoms with Crippen molar-refractivity contribution >= 4 is 24.0 Å². The molecule has 0 unspecified atom stereocenters. The number of nitrogens with one attached hydrogen (secondary N) is 1. The number of hydrogen-bond acceptors (Lipinski definition) is 3. The van der Waals surface area contributed by atoms with Gasteiger partial charge in [0.1, 0.15) is 5.69 Å². The topological polar surface area (TPSA) is 68.0 Å². The van der Waals surface area contributed by atoms with Crippen molar-refractivity contribution in [2.45, 2.75) is 51.0 Å². The maximum absolute atomic E-state index is 12.0. The van der Waals surface area contributed by atoms with Crippen LogP contribution in [0.15, 0.2) is 18.3 Å². The Morgan fingerprint density at radius 3 is 2.37 bits per heavy atom. The molecule has 0 bridgehead atoms. The Morgan fingerprint density at radius 2 is 1.79 bits per heavy atom. The highest BCUT2D eigenvalue weighted by atomic mass is 35.5. The number of carbonyl (C=O) groups is 1. The van der Waals surface area contributed by atoms with Gasteiger partial charge >= 0.3 is 0 Å². The summed E-state index contributed by atoms with van der Waals surface area (Å²) in [5, 5.41) is 3.08. The summed E-state index contributed by atoms with van der Waals surface area (Å²) < 4.78 is 0. The minimum atomic E-state index is -0.0828. The Morgan fingerprint density at radius 1 is 1.16 bits per heavy atom. The highest BCUT2D eigenvalue weighted by molar-refractivity contribution is 5.92. The summed E-state index contributed by atoms with van der Waals surface area (Å²) in [5.74, 6) is -0.0828. The number of rotatable bonds is 2. The van der Waals surface area contributed by atoms with Crippen molar-refractivity contribution in [2.75, 3.05) is 5.73 Å². The fourth-order valence-electron chi connectivity index (χ4n) is 2.40. The Balaban J connectivity index is 0.00000180. The lowest BCUT2D eigenvalue weighted by Gasteiger charge is -2.20. The molecule has 19 heavy (non-hydrogen) atoms. The van der Waals surface area contributed by atoms with Crippen molar-refractivity contribution in [1.29, 1.82) is 0 Å². The van der Waals surface area contributed by atoms with Crippen molar-refractivity contribution in [3.8, 4) is 0 Å². The van der Waals surface area contributed by atoms with E-state index in [0.717, 1.165) is 12.8 Å². The van der Waals surface area contributed by atoms with Crippen molar-refractivity contribution in [3.63, 3.8) is 0 Å². The Kier molecular flexibility index (Phi) is 6.64.